The Bertz CT molecular complexity index is 365. The largest absolute Gasteiger partial charge is 0.389 e. The van der Waals surface area contributed by atoms with E-state index in [1.165, 1.54) is 12.1 Å². The van der Waals surface area contributed by atoms with Crippen LogP contribution in [0.25, 0.3) is 0 Å². The predicted molar refractivity (Wildman–Crippen MR) is 65.2 cm³/mol. The van der Waals surface area contributed by atoms with Crippen molar-refractivity contribution in [3.63, 3.8) is 0 Å². The van der Waals surface area contributed by atoms with E-state index in [2.05, 4.69) is 0 Å². The van der Waals surface area contributed by atoms with E-state index in [0.29, 0.717) is 17.9 Å². The minimum Gasteiger partial charge on any atom is -0.389 e. The lowest BCUT2D eigenvalue weighted by Gasteiger charge is -2.31. The van der Waals surface area contributed by atoms with Gasteiger partial charge in [0.1, 0.15) is 5.82 Å². The Morgan fingerprint density at radius 1 is 1.44 bits per heavy atom. The molecule has 3 heteroatoms. The van der Waals surface area contributed by atoms with Crippen molar-refractivity contribution in [1.82, 2.24) is 0 Å². The monoisotopic (exact) mass is 244 g/mol. The third-order valence-electron chi connectivity index (χ3n) is 3.20. The molecule has 0 aliphatic heterocycles. The van der Waals surface area contributed by atoms with E-state index < -0.39 is 5.60 Å². The average Bonchev–Trinajstić information content (AvgIpc) is 2.22. The van der Waals surface area contributed by atoms with Crippen LogP contribution in [0.1, 0.15) is 32.8 Å². The normalized spacial score (nSPS) is 15.2. The highest BCUT2D eigenvalue weighted by molar-refractivity contribution is 6.31. The number of rotatable bonds is 4. The van der Waals surface area contributed by atoms with Crippen LogP contribution < -0.4 is 0 Å². The molecular formula is C13H18ClFO. The third kappa shape index (κ3) is 2.96. The number of aliphatic hydroxyl groups is 1. The molecule has 1 aromatic rings. The van der Waals surface area contributed by atoms with Crippen LogP contribution in [0.3, 0.4) is 0 Å². The fourth-order valence-corrected chi connectivity index (χ4v) is 1.97. The van der Waals surface area contributed by atoms with E-state index in [9.17, 15) is 9.50 Å². The minimum absolute atomic E-state index is 0.138. The lowest BCUT2D eigenvalue weighted by atomic mass is 9.82. The molecule has 0 amide bonds. The molecule has 1 rings (SSSR count). The number of hydrogen-bond donors (Lipinski definition) is 1. The van der Waals surface area contributed by atoms with Crippen LogP contribution >= 0.6 is 11.6 Å². The molecule has 0 radical (unpaired) electrons. The molecule has 1 nitrogen and oxygen atoms in total. The van der Waals surface area contributed by atoms with E-state index in [1.54, 1.807) is 6.07 Å². The van der Waals surface area contributed by atoms with E-state index in [1.807, 2.05) is 20.8 Å². The zero-order valence-electron chi connectivity index (χ0n) is 9.93. The summed E-state index contributed by atoms with van der Waals surface area (Å²) in [6.07, 6.45) is 1.11. The Labute approximate surface area is 101 Å². The fraction of sp³-hybridized carbons (Fsp3) is 0.538. The molecule has 0 saturated heterocycles. The highest BCUT2D eigenvalue weighted by Crippen LogP contribution is 2.29. The predicted octanol–water partition coefficient (Wildman–Crippen LogP) is 3.82. The number of benzene rings is 1. The van der Waals surface area contributed by atoms with Gasteiger partial charge in [0, 0.05) is 11.4 Å². The van der Waals surface area contributed by atoms with Crippen LogP contribution in [-0.4, -0.2) is 10.7 Å². The molecule has 0 spiro atoms. The molecule has 90 valence electrons. The van der Waals surface area contributed by atoms with Crippen LogP contribution in [0.15, 0.2) is 18.2 Å². The second kappa shape index (κ2) is 5.15. The Kier molecular flexibility index (Phi) is 4.34. The molecule has 0 saturated carbocycles. The highest BCUT2D eigenvalue weighted by atomic mass is 35.5. The SMILES string of the molecule is CCC(O)(Cc1ccc(F)cc1Cl)C(C)C. The summed E-state index contributed by atoms with van der Waals surface area (Å²) in [6.45, 7) is 5.89. The summed E-state index contributed by atoms with van der Waals surface area (Å²) >= 11 is 5.95. The van der Waals surface area contributed by atoms with Gasteiger partial charge in [0.05, 0.1) is 5.60 Å². The Morgan fingerprint density at radius 2 is 2.06 bits per heavy atom. The first-order valence-corrected chi connectivity index (χ1v) is 5.93. The molecule has 1 N–H and O–H groups in total. The first kappa shape index (κ1) is 13.5. The van der Waals surface area contributed by atoms with Crippen molar-refractivity contribution in [3.8, 4) is 0 Å². The van der Waals surface area contributed by atoms with E-state index >= 15 is 0 Å². The first-order chi connectivity index (χ1) is 7.39. The lowest BCUT2D eigenvalue weighted by molar-refractivity contribution is -0.00828. The van der Waals surface area contributed by atoms with Gasteiger partial charge in [0.25, 0.3) is 0 Å². The second-order valence-corrected chi connectivity index (χ2v) is 4.93. The molecule has 0 fully saturated rings. The second-order valence-electron chi connectivity index (χ2n) is 4.52. The van der Waals surface area contributed by atoms with Crippen LogP contribution in [0.4, 0.5) is 4.39 Å². The van der Waals surface area contributed by atoms with Gasteiger partial charge in [-0.15, -0.1) is 0 Å². The maximum atomic E-state index is 12.9. The van der Waals surface area contributed by atoms with E-state index in [-0.39, 0.29) is 11.7 Å². The molecule has 1 aromatic carbocycles. The third-order valence-corrected chi connectivity index (χ3v) is 3.55. The van der Waals surface area contributed by atoms with Crippen LogP contribution in [0.2, 0.25) is 5.02 Å². The van der Waals surface area contributed by atoms with Crippen molar-refractivity contribution in [2.75, 3.05) is 0 Å². The number of hydrogen-bond acceptors (Lipinski definition) is 1. The molecule has 0 aromatic heterocycles. The van der Waals surface area contributed by atoms with Crippen LogP contribution in [0, 0.1) is 11.7 Å². The van der Waals surface area contributed by atoms with E-state index in [4.69, 9.17) is 11.6 Å². The summed E-state index contributed by atoms with van der Waals surface area (Å²) in [5, 5.41) is 10.8. The fourth-order valence-electron chi connectivity index (χ4n) is 1.73. The molecule has 1 unspecified atom stereocenters. The average molecular weight is 245 g/mol. The molecule has 1 atom stereocenters. The summed E-state index contributed by atoms with van der Waals surface area (Å²) < 4.78 is 12.9. The smallest absolute Gasteiger partial charge is 0.124 e. The maximum Gasteiger partial charge on any atom is 0.124 e. The van der Waals surface area contributed by atoms with Gasteiger partial charge >= 0.3 is 0 Å². The first-order valence-electron chi connectivity index (χ1n) is 5.55. The van der Waals surface area contributed by atoms with Crippen molar-refractivity contribution >= 4 is 11.6 Å². The van der Waals surface area contributed by atoms with Crippen molar-refractivity contribution in [1.29, 1.82) is 0 Å². The Hall–Kier alpha value is -0.600. The summed E-state index contributed by atoms with van der Waals surface area (Å²) in [5.41, 5.74) is 0.0164. The van der Waals surface area contributed by atoms with Crippen molar-refractivity contribution in [2.45, 2.75) is 39.2 Å². The standard InChI is InChI=1S/C13H18ClFO/c1-4-13(16,9(2)3)8-10-5-6-11(15)7-12(10)14/h5-7,9,16H,4,8H2,1-3H3. The highest BCUT2D eigenvalue weighted by Gasteiger charge is 2.29. The molecule has 0 aliphatic rings. The van der Waals surface area contributed by atoms with Gasteiger partial charge in [-0.3, -0.25) is 0 Å². The van der Waals surface area contributed by atoms with Gasteiger partial charge < -0.3 is 5.11 Å². The quantitative estimate of drug-likeness (QED) is 0.854. The lowest BCUT2D eigenvalue weighted by Crippen LogP contribution is -2.36. The minimum atomic E-state index is -0.776. The molecule has 0 heterocycles. The van der Waals surface area contributed by atoms with Crippen LogP contribution in [0.5, 0.6) is 0 Å². The summed E-state index contributed by atoms with van der Waals surface area (Å²) in [7, 11) is 0. The van der Waals surface area contributed by atoms with Gasteiger partial charge in [-0.25, -0.2) is 4.39 Å². The van der Waals surface area contributed by atoms with Crippen molar-refractivity contribution < 1.29 is 9.50 Å². The van der Waals surface area contributed by atoms with Crippen molar-refractivity contribution in [3.05, 3.63) is 34.6 Å². The summed E-state index contributed by atoms with van der Waals surface area (Å²) in [5.74, 6) is -0.211. The molecular weight excluding hydrogens is 227 g/mol. The van der Waals surface area contributed by atoms with Gasteiger partial charge in [0.2, 0.25) is 0 Å². The molecule has 0 bridgehead atoms. The maximum absolute atomic E-state index is 12.9. The molecule has 0 aliphatic carbocycles. The summed E-state index contributed by atoms with van der Waals surface area (Å²) in [4.78, 5) is 0. The topological polar surface area (TPSA) is 20.2 Å². The zero-order chi connectivity index (χ0) is 12.3. The van der Waals surface area contributed by atoms with Gasteiger partial charge in [0.15, 0.2) is 0 Å². The Balaban J connectivity index is 2.95. The van der Waals surface area contributed by atoms with E-state index in [0.717, 1.165) is 5.56 Å². The van der Waals surface area contributed by atoms with Crippen molar-refractivity contribution in [2.24, 2.45) is 5.92 Å². The summed E-state index contributed by atoms with van der Waals surface area (Å²) in [6, 6.07) is 4.30. The number of halogens is 2. The Morgan fingerprint density at radius 3 is 2.50 bits per heavy atom. The van der Waals surface area contributed by atoms with Gasteiger partial charge in [-0.1, -0.05) is 38.4 Å². The molecule has 16 heavy (non-hydrogen) atoms. The van der Waals surface area contributed by atoms with Crippen LogP contribution in [-0.2, 0) is 6.42 Å². The van der Waals surface area contributed by atoms with Gasteiger partial charge in [-0.2, -0.15) is 0 Å². The zero-order valence-corrected chi connectivity index (χ0v) is 10.7. The van der Waals surface area contributed by atoms with Gasteiger partial charge in [-0.05, 0) is 30.0 Å².